The van der Waals surface area contributed by atoms with Gasteiger partial charge in [0.05, 0.1) is 19.4 Å². The Bertz CT molecular complexity index is 676. The van der Waals surface area contributed by atoms with E-state index in [1.807, 2.05) is 0 Å². The number of rotatable bonds is 3. The first-order chi connectivity index (χ1) is 9.49. The van der Waals surface area contributed by atoms with Gasteiger partial charge in [-0.15, -0.1) is 0 Å². The van der Waals surface area contributed by atoms with Crippen LogP contribution < -0.4 is 0 Å². The first kappa shape index (κ1) is 14.7. The molecule has 0 aliphatic heterocycles. The fraction of sp³-hybridized carbons (Fsp3) is 0. The monoisotopic (exact) mass is 397 g/mol. The molecule has 0 saturated carbocycles. The Labute approximate surface area is 132 Å². The molecule has 0 spiro atoms. The van der Waals surface area contributed by atoms with Crippen LogP contribution in [0.1, 0.15) is 11.1 Å². The lowest BCUT2D eigenvalue weighted by atomic mass is 10.1. The van der Waals surface area contributed by atoms with E-state index in [0.29, 0.717) is 14.5 Å². The Morgan fingerprint density at radius 2 is 1.70 bits per heavy atom. The second-order valence-electron chi connectivity index (χ2n) is 3.98. The van der Waals surface area contributed by atoms with Crippen LogP contribution in [0.3, 0.4) is 0 Å². The second-order valence-corrected chi connectivity index (χ2v) is 5.69. The number of hydrogen-bond acceptors (Lipinski definition) is 3. The zero-order valence-electron chi connectivity index (χ0n) is 10.1. The van der Waals surface area contributed by atoms with Gasteiger partial charge in [0.15, 0.2) is 0 Å². The number of nitrogens with zero attached hydrogens (tertiary/aromatic N) is 1. The highest BCUT2D eigenvalue weighted by molar-refractivity contribution is 9.11. The second kappa shape index (κ2) is 6.19. The molecule has 0 atom stereocenters. The van der Waals surface area contributed by atoms with Crippen LogP contribution in [0.5, 0.6) is 5.75 Å². The van der Waals surface area contributed by atoms with Crippen molar-refractivity contribution in [2.75, 3.05) is 0 Å². The number of benzene rings is 2. The number of phenols is 1. The summed E-state index contributed by atoms with van der Waals surface area (Å²) in [6, 6.07) is 9.97. The minimum Gasteiger partial charge on any atom is -0.506 e. The fourth-order valence-corrected chi connectivity index (χ4v) is 2.88. The van der Waals surface area contributed by atoms with E-state index in [-0.39, 0.29) is 11.4 Å². The molecule has 102 valence electrons. The van der Waals surface area contributed by atoms with Crippen molar-refractivity contribution >= 4 is 49.7 Å². The minimum absolute atomic E-state index is 0.0562. The average Bonchev–Trinajstić information content (AvgIpc) is 2.42. The van der Waals surface area contributed by atoms with Crippen LogP contribution in [0.2, 0.25) is 0 Å². The van der Waals surface area contributed by atoms with E-state index in [2.05, 4.69) is 31.9 Å². The molecule has 1 N–H and O–H groups in total. The Hall–Kier alpha value is -1.66. The van der Waals surface area contributed by atoms with Crippen LogP contribution in [-0.4, -0.2) is 10.0 Å². The molecule has 0 amide bonds. The first-order valence-electron chi connectivity index (χ1n) is 5.58. The van der Waals surface area contributed by atoms with Crippen molar-refractivity contribution in [1.29, 1.82) is 0 Å². The van der Waals surface area contributed by atoms with Crippen molar-refractivity contribution < 1.29 is 10.0 Å². The van der Waals surface area contributed by atoms with Gasteiger partial charge in [0, 0.05) is 6.07 Å². The van der Waals surface area contributed by atoms with Crippen molar-refractivity contribution in [3.8, 4) is 5.75 Å². The maximum absolute atomic E-state index is 10.9. The third-order valence-electron chi connectivity index (χ3n) is 2.63. The van der Waals surface area contributed by atoms with Gasteiger partial charge in [0.1, 0.15) is 5.75 Å². The summed E-state index contributed by atoms with van der Waals surface area (Å²) >= 11 is 6.48. The van der Waals surface area contributed by atoms with Gasteiger partial charge >= 0.3 is 0 Å². The summed E-state index contributed by atoms with van der Waals surface area (Å²) in [5, 5.41) is 20.5. The Morgan fingerprint density at radius 3 is 2.30 bits per heavy atom. The number of hydrogen-bond donors (Lipinski definition) is 1. The highest BCUT2D eigenvalue weighted by Gasteiger charge is 2.09. The summed E-state index contributed by atoms with van der Waals surface area (Å²) in [5.41, 5.74) is 1.39. The Morgan fingerprint density at radius 1 is 1.10 bits per heavy atom. The molecule has 20 heavy (non-hydrogen) atoms. The molecule has 4 nitrogen and oxygen atoms in total. The molecular formula is C14H9Br2NO3. The van der Waals surface area contributed by atoms with Crippen LogP contribution in [0.15, 0.2) is 45.3 Å². The molecule has 2 aromatic rings. The molecule has 0 aromatic heterocycles. The summed E-state index contributed by atoms with van der Waals surface area (Å²) in [6.45, 7) is 0. The van der Waals surface area contributed by atoms with Gasteiger partial charge in [-0.25, -0.2) is 0 Å². The van der Waals surface area contributed by atoms with E-state index in [1.165, 1.54) is 6.07 Å². The summed E-state index contributed by atoms with van der Waals surface area (Å²) in [4.78, 5) is 10.5. The predicted octanol–water partition coefficient (Wildman–Crippen LogP) is 5.00. The Kier molecular flexibility index (Phi) is 4.57. The SMILES string of the molecule is O=[N+]([O-])c1ccccc1/C=C/c1cc(Br)c(O)c(Br)c1. The van der Waals surface area contributed by atoms with Crippen molar-refractivity contribution in [3.05, 3.63) is 66.6 Å². The lowest BCUT2D eigenvalue weighted by Gasteiger charge is -2.02. The van der Waals surface area contributed by atoms with E-state index in [0.717, 1.165) is 5.56 Å². The van der Waals surface area contributed by atoms with Crippen molar-refractivity contribution in [2.24, 2.45) is 0 Å². The minimum atomic E-state index is -0.414. The number of halogens is 2. The average molecular weight is 399 g/mol. The van der Waals surface area contributed by atoms with Crippen LogP contribution in [-0.2, 0) is 0 Å². The van der Waals surface area contributed by atoms with E-state index < -0.39 is 4.92 Å². The lowest BCUT2D eigenvalue weighted by Crippen LogP contribution is -1.90. The maximum atomic E-state index is 10.9. The molecular weight excluding hydrogens is 390 g/mol. The van der Waals surface area contributed by atoms with Crippen LogP contribution in [0.25, 0.3) is 12.2 Å². The number of nitro benzene ring substituents is 1. The normalized spacial score (nSPS) is 10.9. The number of nitro groups is 1. The van der Waals surface area contributed by atoms with Crippen molar-refractivity contribution in [1.82, 2.24) is 0 Å². The van der Waals surface area contributed by atoms with Crippen LogP contribution >= 0.6 is 31.9 Å². The molecule has 0 heterocycles. The highest BCUT2D eigenvalue weighted by atomic mass is 79.9. The molecule has 2 aromatic carbocycles. The third kappa shape index (κ3) is 3.26. The molecule has 0 bridgehead atoms. The van der Waals surface area contributed by atoms with E-state index in [4.69, 9.17) is 0 Å². The zero-order chi connectivity index (χ0) is 14.7. The molecule has 0 aliphatic rings. The van der Waals surface area contributed by atoms with Crippen molar-refractivity contribution in [2.45, 2.75) is 0 Å². The molecule has 6 heteroatoms. The van der Waals surface area contributed by atoms with Gasteiger partial charge in [-0.2, -0.15) is 0 Å². The van der Waals surface area contributed by atoms with E-state index in [1.54, 1.807) is 42.5 Å². The number of aromatic hydroxyl groups is 1. The molecule has 2 rings (SSSR count). The lowest BCUT2D eigenvalue weighted by molar-refractivity contribution is -0.385. The van der Waals surface area contributed by atoms with Gasteiger partial charge in [-0.3, -0.25) is 10.1 Å². The number of phenolic OH excluding ortho intramolecular Hbond substituents is 1. The van der Waals surface area contributed by atoms with Gasteiger partial charge in [0.25, 0.3) is 5.69 Å². The predicted molar refractivity (Wildman–Crippen MR) is 85.5 cm³/mol. The fourth-order valence-electron chi connectivity index (χ4n) is 1.66. The zero-order valence-corrected chi connectivity index (χ0v) is 13.3. The molecule has 0 fully saturated rings. The smallest absolute Gasteiger partial charge is 0.276 e. The third-order valence-corrected chi connectivity index (χ3v) is 3.84. The highest BCUT2D eigenvalue weighted by Crippen LogP contribution is 2.34. The largest absolute Gasteiger partial charge is 0.506 e. The van der Waals surface area contributed by atoms with Crippen molar-refractivity contribution in [3.63, 3.8) is 0 Å². The molecule has 0 unspecified atom stereocenters. The van der Waals surface area contributed by atoms with Gasteiger partial charge in [-0.1, -0.05) is 18.2 Å². The standard InChI is InChI=1S/C14H9Br2NO3/c15-11-7-9(8-12(16)14(11)18)5-6-10-3-1-2-4-13(10)17(19)20/h1-8,18H/b6-5+. The first-order valence-corrected chi connectivity index (χ1v) is 7.17. The molecule has 0 aliphatic carbocycles. The van der Waals surface area contributed by atoms with Gasteiger partial charge < -0.3 is 5.11 Å². The molecule has 0 saturated heterocycles. The van der Waals surface area contributed by atoms with Crippen LogP contribution in [0.4, 0.5) is 5.69 Å². The summed E-state index contributed by atoms with van der Waals surface area (Å²) in [5.74, 6) is 0.118. The van der Waals surface area contributed by atoms with Gasteiger partial charge in [-0.05, 0) is 61.7 Å². The van der Waals surface area contributed by atoms with E-state index in [9.17, 15) is 15.2 Å². The molecule has 0 radical (unpaired) electrons. The van der Waals surface area contributed by atoms with Gasteiger partial charge in [0.2, 0.25) is 0 Å². The van der Waals surface area contributed by atoms with Crippen LogP contribution in [0, 0.1) is 10.1 Å². The topological polar surface area (TPSA) is 63.4 Å². The summed E-state index contributed by atoms with van der Waals surface area (Å²) < 4.78 is 1.10. The summed E-state index contributed by atoms with van der Waals surface area (Å²) in [7, 11) is 0. The number of para-hydroxylation sites is 1. The Balaban J connectivity index is 2.37. The quantitative estimate of drug-likeness (QED) is 0.449. The summed E-state index contributed by atoms with van der Waals surface area (Å²) in [6.07, 6.45) is 3.42. The van der Waals surface area contributed by atoms with E-state index >= 15 is 0 Å². The maximum Gasteiger partial charge on any atom is 0.276 e.